The molecule has 0 fully saturated rings. The smallest absolute Gasteiger partial charge is 0.143 e. The lowest BCUT2D eigenvalue weighted by molar-refractivity contribution is 0.630. The van der Waals surface area contributed by atoms with Gasteiger partial charge >= 0.3 is 0 Å². The van der Waals surface area contributed by atoms with Crippen LogP contribution in [0, 0.1) is 0 Å². The summed E-state index contributed by atoms with van der Waals surface area (Å²) < 4.78 is 14.4. The van der Waals surface area contributed by atoms with E-state index in [0.717, 1.165) is 99.5 Å². The predicted octanol–water partition coefficient (Wildman–Crippen LogP) is 20.6. The maximum atomic E-state index is 7.19. The second kappa shape index (κ2) is 14.7. The van der Waals surface area contributed by atoms with Crippen LogP contribution in [0.25, 0.3) is 109 Å². The van der Waals surface area contributed by atoms with Crippen molar-refractivity contribution >= 4 is 143 Å². The van der Waals surface area contributed by atoms with Gasteiger partial charge in [-0.1, -0.05) is 210 Å². The summed E-state index contributed by atoms with van der Waals surface area (Å²) in [5, 5.41) is 18.8. The average molecular weight is 973 g/mol. The summed E-state index contributed by atoms with van der Waals surface area (Å²) in [7, 11) is 0. The van der Waals surface area contributed by atoms with Crippen LogP contribution in [0.5, 0.6) is 0 Å². The van der Waals surface area contributed by atoms with E-state index in [1.165, 1.54) is 65.3 Å². The van der Waals surface area contributed by atoms with E-state index < -0.39 is 0 Å². The number of hydrogen-bond donors (Lipinski definition) is 0. The Morgan fingerprint density at radius 3 is 0.921 bits per heavy atom. The topological polar surface area (TPSA) is 32.8 Å². The van der Waals surface area contributed by atoms with E-state index in [0.29, 0.717) is 0 Å². The van der Waals surface area contributed by atoms with Crippen molar-refractivity contribution < 1.29 is 8.83 Å². The summed E-state index contributed by atoms with van der Waals surface area (Å²) in [5.41, 5.74) is 14.9. The quantitative estimate of drug-likeness (QED) is 0.128. The molecular formula is C72H48N2O2. The molecule has 358 valence electrons. The van der Waals surface area contributed by atoms with Crippen LogP contribution in [0.2, 0.25) is 0 Å². The Morgan fingerprint density at radius 2 is 0.553 bits per heavy atom. The van der Waals surface area contributed by atoms with E-state index in [-0.39, 0.29) is 10.8 Å². The van der Waals surface area contributed by atoms with Crippen molar-refractivity contribution in [3.05, 3.63) is 241 Å². The molecule has 13 aromatic carbocycles. The van der Waals surface area contributed by atoms with Crippen LogP contribution >= 0.6 is 0 Å². The molecule has 0 amide bonds. The molecule has 4 heterocycles. The van der Waals surface area contributed by atoms with Gasteiger partial charge in [-0.05, 0) is 78.8 Å². The summed E-state index contributed by atoms with van der Waals surface area (Å²) in [6, 6.07) is 80.8. The average Bonchev–Trinajstić information content (AvgIpc) is 4.17. The predicted molar refractivity (Wildman–Crippen MR) is 320 cm³/mol. The highest BCUT2D eigenvalue weighted by molar-refractivity contribution is 6.32. The molecule has 4 nitrogen and oxygen atoms in total. The van der Waals surface area contributed by atoms with Gasteiger partial charge in [0, 0.05) is 76.8 Å². The highest BCUT2D eigenvalue weighted by atomic mass is 16.3. The molecule has 4 heteroatoms. The molecule has 2 aromatic heterocycles. The van der Waals surface area contributed by atoms with Gasteiger partial charge in [0.1, 0.15) is 22.3 Å². The Kier molecular flexibility index (Phi) is 8.12. The minimum absolute atomic E-state index is 0.340. The summed E-state index contributed by atoms with van der Waals surface area (Å²) in [5.74, 6) is 0. The van der Waals surface area contributed by atoms with E-state index >= 15 is 0 Å². The third kappa shape index (κ3) is 5.28. The molecular weight excluding hydrogens is 925 g/mol. The Labute approximate surface area is 438 Å². The van der Waals surface area contributed by atoms with Gasteiger partial charge in [-0.2, -0.15) is 0 Å². The summed E-state index contributed by atoms with van der Waals surface area (Å²) in [4.78, 5) is 5.11. The molecule has 0 bridgehead atoms. The second-order valence-corrected chi connectivity index (χ2v) is 22.3. The third-order valence-corrected chi connectivity index (χ3v) is 17.7. The lowest BCUT2D eigenvalue weighted by Gasteiger charge is -2.44. The zero-order chi connectivity index (χ0) is 50.3. The van der Waals surface area contributed by atoms with E-state index in [4.69, 9.17) is 8.83 Å². The van der Waals surface area contributed by atoms with Crippen molar-refractivity contribution in [1.29, 1.82) is 0 Å². The Hall–Kier alpha value is -9.38. The van der Waals surface area contributed by atoms with Gasteiger partial charge in [-0.15, -0.1) is 0 Å². The summed E-state index contributed by atoms with van der Waals surface area (Å²) >= 11 is 0. The van der Waals surface area contributed by atoms with E-state index in [9.17, 15) is 0 Å². The zero-order valence-electron chi connectivity index (χ0n) is 42.5. The number of furan rings is 2. The molecule has 0 saturated carbocycles. The molecule has 15 aromatic rings. The van der Waals surface area contributed by atoms with Gasteiger partial charge in [0.25, 0.3) is 0 Å². The summed E-state index contributed by atoms with van der Waals surface area (Å²) in [6.45, 7) is 9.55. The maximum Gasteiger partial charge on any atom is 0.143 e. The highest BCUT2D eigenvalue weighted by Gasteiger charge is 2.42. The van der Waals surface area contributed by atoms with Crippen LogP contribution in [0.1, 0.15) is 49.9 Å². The van der Waals surface area contributed by atoms with E-state index in [1.807, 2.05) is 0 Å². The first-order chi connectivity index (χ1) is 37.3. The lowest BCUT2D eigenvalue weighted by atomic mass is 9.72. The fourth-order valence-electron chi connectivity index (χ4n) is 14.2. The van der Waals surface area contributed by atoms with Crippen molar-refractivity contribution in [2.24, 2.45) is 0 Å². The van der Waals surface area contributed by atoms with Crippen LogP contribution in [-0.2, 0) is 10.8 Å². The van der Waals surface area contributed by atoms with Crippen LogP contribution in [0.3, 0.4) is 0 Å². The molecule has 76 heavy (non-hydrogen) atoms. The minimum Gasteiger partial charge on any atom is -0.455 e. The fraction of sp³-hybridized carbons (Fsp3) is 0.0833. The van der Waals surface area contributed by atoms with Crippen LogP contribution < -0.4 is 9.80 Å². The molecule has 0 aliphatic carbocycles. The molecule has 0 unspecified atom stereocenters. The lowest BCUT2D eigenvalue weighted by Crippen LogP contribution is -2.31. The van der Waals surface area contributed by atoms with Gasteiger partial charge in [-0.25, -0.2) is 0 Å². The van der Waals surface area contributed by atoms with Crippen LogP contribution in [-0.4, -0.2) is 0 Å². The van der Waals surface area contributed by atoms with Crippen molar-refractivity contribution in [3.8, 4) is 0 Å². The number of anilines is 6. The van der Waals surface area contributed by atoms with Crippen LogP contribution in [0.15, 0.2) is 227 Å². The number of fused-ring (bicyclic) bond motifs is 22. The number of para-hydroxylation sites is 2. The van der Waals surface area contributed by atoms with Crippen molar-refractivity contribution in [1.82, 2.24) is 0 Å². The molecule has 0 N–H and O–H groups in total. The van der Waals surface area contributed by atoms with Gasteiger partial charge < -0.3 is 18.6 Å². The molecule has 0 atom stereocenters. The van der Waals surface area contributed by atoms with E-state index in [2.05, 4.69) is 256 Å². The number of hydrogen-bond acceptors (Lipinski definition) is 4. The highest BCUT2D eigenvalue weighted by Crippen LogP contribution is 2.61. The minimum atomic E-state index is -0.340. The molecule has 0 spiro atoms. The zero-order valence-corrected chi connectivity index (χ0v) is 42.5. The third-order valence-electron chi connectivity index (χ3n) is 17.7. The molecule has 0 saturated heterocycles. The fourth-order valence-corrected chi connectivity index (χ4v) is 14.2. The van der Waals surface area contributed by atoms with Gasteiger partial charge in [0.15, 0.2) is 0 Å². The maximum absolute atomic E-state index is 7.19. The standard InChI is InChI=1S/C72H48N2O2/c1-71(2)55-33-17-19-35-59(55)73(61-39-63-53(37-57(61)71)65-45-25-9-5-21-41(45)43-23-7-15-31-51(43)69(65)75-63)67-47-27-11-13-29-49(47)68(50-30-14-12-28-48(50)67)74-60-36-20-18-34-56(60)72(3,4)58-38-54-64(40-62(58)74)76-70-52-32-16-8-24-44(52)42-22-6-10-26-46(42)66(54)70/h5-40H,1-4H3. The van der Waals surface area contributed by atoms with Crippen molar-refractivity contribution in [2.45, 2.75) is 38.5 Å². The normalized spacial score (nSPS) is 14.7. The second-order valence-electron chi connectivity index (χ2n) is 22.3. The van der Waals surface area contributed by atoms with Crippen molar-refractivity contribution in [3.63, 3.8) is 0 Å². The monoisotopic (exact) mass is 972 g/mol. The SMILES string of the molecule is CC1(C)c2ccccc2N(c2c3ccccc3c(N3c4ccccc4C(C)(C)c4cc5c(cc43)oc3c4ccccc4c4ccccc4c53)c3ccccc23)c2cc3oc4c5ccccc5c5ccccc5c4c3cc21. The Morgan fingerprint density at radius 1 is 0.263 bits per heavy atom. The first-order valence-corrected chi connectivity index (χ1v) is 26.6. The molecule has 2 aliphatic heterocycles. The number of rotatable bonds is 2. The Bertz CT molecular complexity index is 4710. The first-order valence-electron chi connectivity index (χ1n) is 26.6. The van der Waals surface area contributed by atoms with Crippen molar-refractivity contribution in [2.75, 3.05) is 9.80 Å². The molecule has 17 rings (SSSR count). The number of nitrogens with zero attached hydrogens (tertiary/aromatic N) is 2. The largest absolute Gasteiger partial charge is 0.455 e. The Balaban J connectivity index is 0.969. The summed E-state index contributed by atoms with van der Waals surface area (Å²) in [6.07, 6.45) is 0. The molecule has 0 radical (unpaired) electrons. The first kappa shape index (κ1) is 42.0. The molecule has 2 aliphatic rings. The van der Waals surface area contributed by atoms with Gasteiger partial charge in [0.2, 0.25) is 0 Å². The van der Waals surface area contributed by atoms with Crippen LogP contribution in [0.4, 0.5) is 34.1 Å². The van der Waals surface area contributed by atoms with E-state index in [1.54, 1.807) is 0 Å². The number of benzene rings is 13. The van der Waals surface area contributed by atoms with Gasteiger partial charge in [0.05, 0.1) is 34.1 Å². The van der Waals surface area contributed by atoms with Gasteiger partial charge in [-0.3, -0.25) is 0 Å².